The molecular formula is C9H12FN3O2. The number of nitrogens with zero attached hydrogens (tertiary/aromatic N) is 2. The highest BCUT2D eigenvalue weighted by molar-refractivity contribution is 5.35. The molecule has 2 N–H and O–H groups in total. The summed E-state index contributed by atoms with van der Waals surface area (Å²) in [5.41, 5.74) is -1.04. The fourth-order valence-electron chi connectivity index (χ4n) is 1.58. The van der Waals surface area contributed by atoms with Crippen LogP contribution in [-0.4, -0.2) is 20.2 Å². The zero-order valence-corrected chi connectivity index (χ0v) is 8.54. The molecule has 0 amide bonds. The Kier molecular flexibility index (Phi) is 1.95. The molecule has 0 aromatic carbocycles. The summed E-state index contributed by atoms with van der Waals surface area (Å²) in [6.07, 6.45) is 0.700. The Morgan fingerprint density at radius 2 is 2.27 bits per heavy atom. The van der Waals surface area contributed by atoms with Crippen LogP contribution in [0.3, 0.4) is 0 Å². The Morgan fingerprint density at radius 3 is 2.93 bits per heavy atom. The van der Waals surface area contributed by atoms with Gasteiger partial charge in [0.2, 0.25) is 11.8 Å². The maximum atomic E-state index is 13.0. The Bertz CT molecular complexity index is 467. The average Bonchev–Trinajstić information content (AvgIpc) is 2.12. The van der Waals surface area contributed by atoms with Crippen LogP contribution >= 0.6 is 0 Å². The van der Waals surface area contributed by atoms with Gasteiger partial charge in [-0.25, -0.2) is 0 Å². The summed E-state index contributed by atoms with van der Waals surface area (Å²) >= 11 is 0. The van der Waals surface area contributed by atoms with Gasteiger partial charge in [0.05, 0.1) is 0 Å². The highest BCUT2D eigenvalue weighted by Gasteiger charge is 2.27. The SMILES string of the molecule is CC1(C)CCn2c(nc(O)c(F)c2=O)N1. The molecule has 0 aliphatic carbocycles. The van der Waals surface area contributed by atoms with Gasteiger partial charge >= 0.3 is 0 Å². The molecule has 0 saturated carbocycles. The maximum Gasteiger partial charge on any atom is 0.295 e. The van der Waals surface area contributed by atoms with Crippen molar-refractivity contribution in [3.63, 3.8) is 0 Å². The van der Waals surface area contributed by atoms with E-state index in [2.05, 4.69) is 10.3 Å². The molecular weight excluding hydrogens is 201 g/mol. The first-order chi connectivity index (χ1) is 6.91. The zero-order chi connectivity index (χ0) is 11.2. The van der Waals surface area contributed by atoms with Gasteiger partial charge in [-0.3, -0.25) is 9.36 Å². The molecule has 2 rings (SSSR count). The van der Waals surface area contributed by atoms with E-state index in [1.807, 2.05) is 13.8 Å². The average molecular weight is 213 g/mol. The molecule has 0 radical (unpaired) electrons. The molecule has 2 heterocycles. The van der Waals surface area contributed by atoms with Crippen molar-refractivity contribution in [1.29, 1.82) is 0 Å². The minimum absolute atomic E-state index is 0.205. The molecule has 15 heavy (non-hydrogen) atoms. The summed E-state index contributed by atoms with van der Waals surface area (Å²) < 4.78 is 14.2. The molecule has 1 aromatic rings. The first-order valence-electron chi connectivity index (χ1n) is 4.68. The molecule has 0 saturated heterocycles. The summed E-state index contributed by atoms with van der Waals surface area (Å²) in [7, 11) is 0. The van der Waals surface area contributed by atoms with Gasteiger partial charge in [0.25, 0.3) is 11.4 Å². The van der Waals surface area contributed by atoms with Crippen molar-refractivity contribution in [2.24, 2.45) is 0 Å². The van der Waals surface area contributed by atoms with Crippen LogP contribution in [0.25, 0.3) is 0 Å². The normalized spacial score (nSPS) is 18.1. The van der Waals surface area contributed by atoms with Gasteiger partial charge in [0, 0.05) is 12.1 Å². The number of nitrogens with one attached hydrogen (secondary N) is 1. The van der Waals surface area contributed by atoms with Crippen LogP contribution in [0.15, 0.2) is 4.79 Å². The van der Waals surface area contributed by atoms with Crippen LogP contribution in [0.1, 0.15) is 20.3 Å². The zero-order valence-electron chi connectivity index (χ0n) is 8.54. The van der Waals surface area contributed by atoms with Gasteiger partial charge in [-0.05, 0) is 20.3 Å². The molecule has 1 aromatic heterocycles. The van der Waals surface area contributed by atoms with Crippen LogP contribution in [0.2, 0.25) is 0 Å². The Morgan fingerprint density at radius 1 is 1.60 bits per heavy atom. The number of hydrogen-bond acceptors (Lipinski definition) is 4. The number of aromatic nitrogens is 2. The molecule has 1 aliphatic rings. The van der Waals surface area contributed by atoms with E-state index in [1.165, 1.54) is 4.57 Å². The lowest BCUT2D eigenvalue weighted by Gasteiger charge is -2.33. The second-order valence-electron chi connectivity index (χ2n) is 4.29. The fraction of sp³-hybridized carbons (Fsp3) is 0.556. The van der Waals surface area contributed by atoms with Crippen LogP contribution in [-0.2, 0) is 6.54 Å². The van der Waals surface area contributed by atoms with E-state index in [9.17, 15) is 9.18 Å². The third kappa shape index (κ3) is 1.55. The number of hydrogen-bond donors (Lipinski definition) is 2. The van der Waals surface area contributed by atoms with Crippen LogP contribution in [0.5, 0.6) is 5.88 Å². The van der Waals surface area contributed by atoms with Gasteiger partial charge in [0.15, 0.2) is 0 Å². The summed E-state index contributed by atoms with van der Waals surface area (Å²) in [5, 5.41) is 12.1. The van der Waals surface area contributed by atoms with Crippen molar-refractivity contribution >= 4 is 5.95 Å². The second kappa shape index (κ2) is 2.95. The fourth-order valence-corrected chi connectivity index (χ4v) is 1.58. The van der Waals surface area contributed by atoms with Crippen molar-refractivity contribution in [2.45, 2.75) is 32.4 Å². The largest absolute Gasteiger partial charge is 0.491 e. The van der Waals surface area contributed by atoms with Gasteiger partial charge in [0.1, 0.15) is 0 Å². The molecule has 0 unspecified atom stereocenters. The van der Waals surface area contributed by atoms with Crippen molar-refractivity contribution in [3.05, 3.63) is 16.2 Å². The molecule has 0 spiro atoms. The molecule has 1 aliphatic heterocycles. The minimum Gasteiger partial charge on any atom is -0.491 e. The van der Waals surface area contributed by atoms with Crippen molar-refractivity contribution < 1.29 is 9.50 Å². The first-order valence-corrected chi connectivity index (χ1v) is 4.68. The number of fused-ring (bicyclic) bond motifs is 1. The Balaban J connectivity index is 2.59. The molecule has 6 heteroatoms. The molecule has 82 valence electrons. The number of halogens is 1. The summed E-state index contributed by atoms with van der Waals surface area (Å²) in [5.74, 6) is -1.83. The van der Waals surface area contributed by atoms with Gasteiger partial charge in [-0.2, -0.15) is 9.37 Å². The summed E-state index contributed by atoms with van der Waals surface area (Å²) in [4.78, 5) is 15.0. The van der Waals surface area contributed by atoms with Gasteiger partial charge in [-0.15, -0.1) is 0 Å². The van der Waals surface area contributed by atoms with Crippen molar-refractivity contribution in [3.8, 4) is 5.88 Å². The summed E-state index contributed by atoms with van der Waals surface area (Å²) in [6, 6.07) is 0. The van der Waals surface area contributed by atoms with E-state index in [1.54, 1.807) is 0 Å². The Labute approximate surface area is 85.6 Å². The molecule has 0 bridgehead atoms. The quantitative estimate of drug-likeness (QED) is 0.665. The van der Waals surface area contributed by atoms with Crippen LogP contribution in [0.4, 0.5) is 10.3 Å². The molecule has 5 nitrogen and oxygen atoms in total. The van der Waals surface area contributed by atoms with Crippen molar-refractivity contribution in [1.82, 2.24) is 9.55 Å². The topological polar surface area (TPSA) is 67.1 Å². The lowest BCUT2D eigenvalue weighted by atomic mass is 9.99. The Hall–Kier alpha value is -1.59. The number of anilines is 1. The number of aromatic hydroxyl groups is 1. The van der Waals surface area contributed by atoms with E-state index in [4.69, 9.17) is 5.11 Å². The summed E-state index contributed by atoms with van der Waals surface area (Å²) in [6.45, 7) is 4.30. The first kappa shape index (κ1) is 9.95. The van der Waals surface area contributed by atoms with E-state index < -0.39 is 17.3 Å². The smallest absolute Gasteiger partial charge is 0.295 e. The highest BCUT2D eigenvalue weighted by atomic mass is 19.1. The third-order valence-corrected chi connectivity index (χ3v) is 2.51. The lowest BCUT2D eigenvalue weighted by Crippen LogP contribution is -2.42. The minimum atomic E-state index is -1.19. The van der Waals surface area contributed by atoms with Crippen molar-refractivity contribution in [2.75, 3.05) is 5.32 Å². The molecule has 0 atom stereocenters. The second-order valence-corrected chi connectivity index (χ2v) is 4.29. The highest BCUT2D eigenvalue weighted by Crippen LogP contribution is 2.24. The maximum absolute atomic E-state index is 13.0. The van der Waals surface area contributed by atoms with Gasteiger partial charge in [-0.1, -0.05) is 0 Å². The lowest BCUT2D eigenvalue weighted by molar-refractivity contribution is 0.372. The standard InChI is InChI=1S/C9H12FN3O2/c1-9(2)3-4-13-7(15)5(10)6(14)11-8(13)12-9/h14H,3-4H2,1-2H3,(H,11,12). The van der Waals surface area contributed by atoms with E-state index >= 15 is 0 Å². The van der Waals surface area contributed by atoms with Crippen LogP contribution in [0, 0.1) is 5.82 Å². The predicted molar refractivity (Wildman–Crippen MR) is 52.4 cm³/mol. The predicted octanol–water partition coefficient (Wildman–Crippen LogP) is 0.682. The third-order valence-electron chi connectivity index (χ3n) is 2.51. The molecule has 0 fully saturated rings. The number of rotatable bonds is 0. The van der Waals surface area contributed by atoms with Crippen LogP contribution < -0.4 is 10.9 Å². The van der Waals surface area contributed by atoms with E-state index in [0.717, 1.165) is 0 Å². The monoisotopic (exact) mass is 213 g/mol. The van der Waals surface area contributed by atoms with Gasteiger partial charge < -0.3 is 10.4 Å². The van der Waals surface area contributed by atoms with E-state index in [0.29, 0.717) is 13.0 Å². The van der Waals surface area contributed by atoms with E-state index in [-0.39, 0.29) is 11.5 Å².